The molecule has 0 aromatic heterocycles. The maximum atomic E-state index is 12.9. The third kappa shape index (κ3) is 3.03. The van der Waals surface area contributed by atoms with Crippen LogP contribution in [0, 0.1) is 5.82 Å². The molecule has 4 nitrogen and oxygen atoms in total. The number of nitrogens with two attached hydrogens (primary N) is 1. The van der Waals surface area contributed by atoms with E-state index >= 15 is 0 Å². The number of nitrogen functional groups attached to an aromatic ring is 1. The first-order valence-corrected chi connectivity index (χ1v) is 7.29. The van der Waals surface area contributed by atoms with Gasteiger partial charge in [0.2, 0.25) is 0 Å². The number of rotatable bonds is 2. The summed E-state index contributed by atoms with van der Waals surface area (Å²) in [5, 5.41) is 0. The minimum Gasteiger partial charge on any atom is -0.399 e. The first-order chi connectivity index (χ1) is 10.6. The van der Waals surface area contributed by atoms with Crippen molar-refractivity contribution in [2.45, 2.75) is 0 Å². The monoisotopic (exact) mass is 299 g/mol. The first kappa shape index (κ1) is 14.4. The van der Waals surface area contributed by atoms with Crippen molar-refractivity contribution in [1.82, 2.24) is 4.90 Å². The quantitative estimate of drug-likeness (QED) is 0.866. The van der Waals surface area contributed by atoms with Crippen LogP contribution in [0.3, 0.4) is 0 Å². The van der Waals surface area contributed by atoms with E-state index in [1.807, 2.05) is 24.3 Å². The highest BCUT2D eigenvalue weighted by Crippen LogP contribution is 2.19. The third-order valence-corrected chi connectivity index (χ3v) is 3.92. The van der Waals surface area contributed by atoms with Gasteiger partial charge in [0.1, 0.15) is 5.82 Å². The molecule has 22 heavy (non-hydrogen) atoms. The van der Waals surface area contributed by atoms with Crippen LogP contribution in [0.4, 0.5) is 15.8 Å². The summed E-state index contributed by atoms with van der Waals surface area (Å²) in [5.74, 6) is -0.373. The van der Waals surface area contributed by atoms with Crippen molar-refractivity contribution in [2.75, 3.05) is 36.8 Å². The second-order valence-corrected chi connectivity index (χ2v) is 5.38. The Morgan fingerprint density at radius 1 is 0.909 bits per heavy atom. The van der Waals surface area contributed by atoms with Crippen molar-refractivity contribution in [3.63, 3.8) is 0 Å². The smallest absolute Gasteiger partial charge is 0.253 e. The normalized spacial score (nSPS) is 15.0. The van der Waals surface area contributed by atoms with E-state index in [-0.39, 0.29) is 11.7 Å². The Hall–Kier alpha value is -2.56. The highest BCUT2D eigenvalue weighted by Gasteiger charge is 2.22. The summed E-state index contributed by atoms with van der Waals surface area (Å²) >= 11 is 0. The van der Waals surface area contributed by atoms with Crippen LogP contribution in [0.15, 0.2) is 48.5 Å². The summed E-state index contributed by atoms with van der Waals surface area (Å²) in [7, 11) is 0. The summed E-state index contributed by atoms with van der Waals surface area (Å²) in [5.41, 5.74) is 8.08. The van der Waals surface area contributed by atoms with Crippen LogP contribution < -0.4 is 10.6 Å². The maximum absolute atomic E-state index is 12.9. The minimum atomic E-state index is -0.329. The van der Waals surface area contributed by atoms with Crippen molar-refractivity contribution >= 4 is 17.3 Å². The predicted molar refractivity (Wildman–Crippen MR) is 85.4 cm³/mol. The molecule has 0 unspecified atom stereocenters. The van der Waals surface area contributed by atoms with Crippen LogP contribution >= 0.6 is 0 Å². The van der Waals surface area contributed by atoms with Gasteiger partial charge in [0, 0.05) is 43.1 Å². The van der Waals surface area contributed by atoms with Crippen molar-refractivity contribution in [1.29, 1.82) is 0 Å². The number of nitrogens with zero attached hydrogens (tertiary/aromatic N) is 2. The van der Waals surface area contributed by atoms with Gasteiger partial charge in [0.15, 0.2) is 0 Å². The lowest BCUT2D eigenvalue weighted by atomic mass is 10.1. The fourth-order valence-corrected chi connectivity index (χ4v) is 2.63. The van der Waals surface area contributed by atoms with Gasteiger partial charge >= 0.3 is 0 Å². The molecule has 0 atom stereocenters. The molecule has 0 spiro atoms. The zero-order valence-corrected chi connectivity index (χ0v) is 12.2. The Balaban J connectivity index is 1.62. The van der Waals surface area contributed by atoms with Gasteiger partial charge in [0.05, 0.1) is 0 Å². The molecule has 1 amide bonds. The number of anilines is 2. The molecule has 114 valence electrons. The number of hydrogen-bond donors (Lipinski definition) is 1. The molecular formula is C17H18FN3O. The van der Waals surface area contributed by atoms with Gasteiger partial charge in [0.25, 0.3) is 5.91 Å². The summed E-state index contributed by atoms with van der Waals surface area (Å²) in [4.78, 5) is 16.4. The number of hydrogen-bond acceptors (Lipinski definition) is 3. The summed E-state index contributed by atoms with van der Waals surface area (Å²) < 4.78 is 12.9. The number of piperazine rings is 1. The van der Waals surface area contributed by atoms with Gasteiger partial charge in [-0.2, -0.15) is 0 Å². The molecule has 1 heterocycles. The summed E-state index contributed by atoms with van der Waals surface area (Å²) in [6, 6.07) is 13.4. The van der Waals surface area contributed by atoms with Gasteiger partial charge in [-0.1, -0.05) is 0 Å². The highest BCUT2D eigenvalue weighted by atomic mass is 19.1. The Kier molecular flexibility index (Phi) is 3.96. The number of amides is 1. The number of halogens is 1. The van der Waals surface area contributed by atoms with Crippen LogP contribution in [-0.4, -0.2) is 37.0 Å². The van der Waals surface area contributed by atoms with Crippen LogP contribution in [0.1, 0.15) is 10.4 Å². The van der Waals surface area contributed by atoms with Crippen molar-refractivity contribution in [2.24, 2.45) is 0 Å². The molecule has 2 aromatic rings. The minimum absolute atomic E-state index is 0.0445. The van der Waals surface area contributed by atoms with E-state index in [2.05, 4.69) is 4.90 Å². The molecule has 0 saturated carbocycles. The Morgan fingerprint density at radius 3 is 2.09 bits per heavy atom. The van der Waals surface area contributed by atoms with E-state index in [1.54, 1.807) is 4.90 Å². The second-order valence-electron chi connectivity index (χ2n) is 5.38. The van der Waals surface area contributed by atoms with Gasteiger partial charge in [-0.05, 0) is 48.5 Å². The third-order valence-electron chi connectivity index (χ3n) is 3.92. The van der Waals surface area contributed by atoms with Crippen LogP contribution in [-0.2, 0) is 0 Å². The summed E-state index contributed by atoms with van der Waals surface area (Å²) in [6.45, 7) is 2.86. The SMILES string of the molecule is Nc1ccc(N2CCN(C(=O)c3ccc(F)cc3)CC2)cc1. The first-order valence-electron chi connectivity index (χ1n) is 7.29. The van der Waals surface area contributed by atoms with Crippen LogP contribution in [0.25, 0.3) is 0 Å². The Bertz CT molecular complexity index is 647. The van der Waals surface area contributed by atoms with E-state index < -0.39 is 0 Å². The van der Waals surface area contributed by atoms with Gasteiger partial charge < -0.3 is 15.5 Å². The topological polar surface area (TPSA) is 49.6 Å². The number of carbonyl (C=O) groups excluding carboxylic acids is 1. The molecular weight excluding hydrogens is 281 g/mol. The fourth-order valence-electron chi connectivity index (χ4n) is 2.63. The zero-order chi connectivity index (χ0) is 15.5. The molecule has 2 aromatic carbocycles. The molecule has 0 aliphatic carbocycles. The molecule has 3 rings (SSSR count). The number of benzene rings is 2. The van der Waals surface area contributed by atoms with Gasteiger partial charge in [-0.25, -0.2) is 4.39 Å². The van der Waals surface area contributed by atoms with E-state index in [4.69, 9.17) is 5.73 Å². The lowest BCUT2D eigenvalue weighted by molar-refractivity contribution is 0.0746. The molecule has 1 aliphatic heterocycles. The molecule has 2 N–H and O–H groups in total. The van der Waals surface area contributed by atoms with E-state index in [0.29, 0.717) is 18.7 Å². The lowest BCUT2D eigenvalue weighted by Gasteiger charge is -2.36. The van der Waals surface area contributed by atoms with Gasteiger partial charge in [-0.15, -0.1) is 0 Å². The largest absolute Gasteiger partial charge is 0.399 e. The van der Waals surface area contributed by atoms with Crippen molar-refractivity contribution in [3.05, 3.63) is 59.9 Å². The standard InChI is InChI=1S/C17H18FN3O/c18-14-3-1-13(2-4-14)17(22)21-11-9-20(10-12-21)16-7-5-15(19)6-8-16/h1-8H,9-12,19H2. The van der Waals surface area contributed by atoms with E-state index in [0.717, 1.165) is 24.5 Å². The molecule has 0 bridgehead atoms. The molecule has 1 aliphatic rings. The molecule has 5 heteroatoms. The Labute approximate surface area is 128 Å². The van der Waals surface area contributed by atoms with E-state index in [1.165, 1.54) is 24.3 Å². The zero-order valence-electron chi connectivity index (χ0n) is 12.2. The van der Waals surface area contributed by atoms with Crippen molar-refractivity contribution in [3.8, 4) is 0 Å². The summed E-state index contributed by atoms with van der Waals surface area (Å²) in [6.07, 6.45) is 0. The highest BCUT2D eigenvalue weighted by molar-refractivity contribution is 5.94. The van der Waals surface area contributed by atoms with Crippen LogP contribution in [0.2, 0.25) is 0 Å². The van der Waals surface area contributed by atoms with Gasteiger partial charge in [-0.3, -0.25) is 4.79 Å². The maximum Gasteiger partial charge on any atom is 0.253 e. The molecule has 0 radical (unpaired) electrons. The second kappa shape index (κ2) is 6.05. The van der Waals surface area contributed by atoms with E-state index in [9.17, 15) is 9.18 Å². The molecule has 1 saturated heterocycles. The fraction of sp³-hybridized carbons (Fsp3) is 0.235. The predicted octanol–water partition coefficient (Wildman–Crippen LogP) is 2.37. The average Bonchev–Trinajstić information content (AvgIpc) is 2.56. The van der Waals surface area contributed by atoms with Crippen molar-refractivity contribution < 1.29 is 9.18 Å². The molecule has 1 fully saturated rings. The lowest BCUT2D eigenvalue weighted by Crippen LogP contribution is -2.48. The van der Waals surface area contributed by atoms with Crippen LogP contribution in [0.5, 0.6) is 0 Å². The Morgan fingerprint density at radius 2 is 1.50 bits per heavy atom. The number of carbonyl (C=O) groups is 1. The average molecular weight is 299 g/mol.